The van der Waals surface area contributed by atoms with Crippen molar-refractivity contribution in [1.82, 2.24) is 0 Å². The molecule has 0 amide bonds. The molecule has 17 heavy (non-hydrogen) atoms. The molecule has 1 spiro atoms. The van der Waals surface area contributed by atoms with Crippen molar-refractivity contribution in [2.75, 3.05) is 7.11 Å². The van der Waals surface area contributed by atoms with Gasteiger partial charge in [0.15, 0.2) is 0 Å². The zero-order valence-electron chi connectivity index (χ0n) is 10.2. The van der Waals surface area contributed by atoms with Crippen molar-refractivity contribution in [2.45, 2.75) is 43.8 Å². The van der Waals surface area contributed by atoms with Gasteiger partial charge in [-0.25, -0.2) is 0 Å². The second kappa shape index (κ2) is 3.26. The van der Waals surface area contributed by atoms with Crippen LogP contribution in [-0.2, 0) is 10.3 Å². The summed E-state index contributed by atoms with van der Waals surface area (Å²) >= 11 is 0. The van der Waals surface area contributed by atoms with Crippen molar-refractivity contribution in [1.29, 1.82) is 0 Å². The predicted molar refractivity (Wildman–Crippen MR) is 65.1 cm³/mol. The van der Waals surface area contributed by atoms with E-state index in [2.05, 4.69) is 18.2 Å². The molecule has 90 valence electrons. The third-order valence-corrected chi connectivity index (χ3v) is 4.92. The second-order valence-electron chi connectivity index (χ2n) is 5.63. The average Bonchev–Trinajstić information content (AvgIpc) is 2.90. The lowest BCUT2D eigenvalue weighted by molar-refractivity contribution is -0.0609. The smallest absolute Gasteiger partial charge is 0.119 e. The molecule has 3 aliphatic rings. The summed E-state index contributed by atoms with van der Waals surface area (Å²) in [7, 11) is 1.73. The standard InChI is InChI=1S/C15H18O2/c1-16-11-5-6-13-12(9-11)14-8-10-4-2-3-7-15(10,13)17-14/h5-6,9-10,14H,2-4,7-8H2,1H3/t10-,14+,15-/m0/s1. The van der Waals surface area contributed by atoms with E-state index in [-0.39, 0.29) is 5.60 Å². The summed E-state index contributed by atoms with van der Waals surface area (Å²) in [5.74, 6) is 1.73. The Morgan fingerprint density at radius 2 is 2.29 bits per heavy atom. The molecule has 1 aliphatic carbocycles. The van der Waals surface area contributed by atoms with Gasteiger partial charge in [0.2, 0.25) is 0 Å². The molecule has 3 atom stereocenters. The Hall–Kier alpha value is -1.02. The van der Waals surface area contributed by atoms with Crippen molar-refractivity contribution < 1.29 is 9.47 Å². The minimum atomic E-state index is 0.0739. The van der Waals surface area contributed by atoms with Crippen LogP contribution in [0.4, 0.5) is 0 Å². The highest BCUT2D eigenvalue weighted by molar-refractivity contribution is 5.46. The number of rotatable bonds is 1. The van der Waals surface area contributed by atoms with Crippen LogP contribution in [0.5, 0.6) is 5.75 Å². The average molecular weight is 230 g/mol. The SMILES string of the molecule is COc1ccc2c(c1)[C@H]1C[C@@H]3CCCC[C@@]23O1. The summed E-state index contributed by atoms with van der Waals surface area (Å²) in [6.07, 6.45) is 6.82. The molecule has 1 aromatic rings. The van der Waals surface area contributed by atoms with E-state index in [9.17, 15) is 0 Å². The number of ether oxygens (including phenoxy) is 2. The molecule has 1 aromatic carbocycles. The van der Waals surface area contributed by atoms with Crippen LogP contribution in [-0.4, -0.2) is 7.11 Å². The highest BCUT2D eigenvalue weighted by atomic mass is 16.5. The molecule has 0 aromatic heterocycles. The quantitative estimate of drug-likeness (QED) is 0.734. The van der Waals surface area contributed by atoms with Crippen LogP contribution in [0.25, 0.3) is 0 Å². The van der Waals surface area contributed by atoms with Crippen molar-refractivity contribution in [3.63, 3.8) is 0 Å². The van der Waals surface area contributed by atoms with Gasteiger partial charge in [0.05, 0.1) is 18.8 Å². The van der Waals surface area contributed by atoms with Crippen LogP contribution in [0.3, 0.4) is 0 Å². The first-order valence-electron chi connectivity index (χ1n) is 6.70. The maximum atomic E-state index is 6.38. The van der Waals surface area contributed by atoms with Crippen LogP contribution in [0.2, 0.25) is 0 Å². The van der Waals surface area contributed by atoms with Crippen LogP contribution >= 0.6 is 0 Å². The number of hydrogen-bond acceptors (Lipinski definition) is 2. The Kier molecular flexibility index (Phi) is 1.91. The maximum absolute atomic E-state index is 6.38. The Bertz CT molecular complexity index is 468. The molecule has 2 bridgehead atoms. The van der Waals surface area contributed by atoms with Crippen LogP contribution in [0.15, 0.2) is 18.2 Å². The van der Waals surface area contributed by atoms with E-state index in [1.807, 2.05) is 0 Å². The first-order valence-corrected chi connectivity index (χ1v) is 6.70. The van der Waals surface area contributed by atoms with Gasteiger partial charge in [0, 0.05) is 0 Å². The number of fused-ring (bicyclic) bond motifs is 3. The Morgan fingerprint density at radius 1 is 1.35 bits per heavy atom. The lowest BCUT2D eigenvalue weighted by Gasteiger charge is -2.38. The van der Waals surface area contributed by atoms with E-state index in [1.165, 1.54) is 43.2 Å². The first kappa shape index (κ1) is 9.95. The highest BCUT2D eigenvalue weighted by Gasteiger charge is 2.57. The van der Waals surface area contributed by atoms with Gasteiger partial charge in [-0.2, -0.15) is 0 Å². The zero-order valence-corrected chi connectivity index (χ0v) is 10.2. The summed E-state index contributed by atoms with van der Waals surface area (Å²) in [5.41, 5.74) is 2.92. The number of hydrogen-bond donors (Lipinski definition) is 0. The molecule has 2 heteroatoms. The topological polar surface area (TPSA) is 18.5 Å². The maximum Gasteiger partial charge on any atom is 0.119 e. The Morgan fingerprint density at radius 3 is 3.18 bits per heavy atom. The molecule has 2 fully saturated rings. The van der Waals surface area contributed by atoms with Crippen LogP contribution in [0, 0.1) is 5.92 Å². The molecule has 0 radical (unpaired) electrons. The van der Waals surface area contributed by atoms with Gasteiger partial charge < -0.3 is 9.47 Å². The fourth-order valence-corrected chi connectivity index (χ4v) is 4.17. The van der Waals surface area contributed by atoms with E-state index in [0.717, 1.165) is 11.7 Å². The van der Waals surface area contributed by atoms with Crippen molar-refractivity contribution >= 4 is 0 Å². The monoisotopic (exact) mass is 230 g/mol. The third kappa shape index (κ3) is 1.14. The lowest BCUT2D eigenvalue weighted by atomic mass is 9.67. The van der Waals surface area contributed by atoms with E-state index < -0.39 is 0 Å². The van der Waals surface area contributed by atoms with Crippen molar-refractivity contribution in [3.8, 4) is 5.75 Å². The fraction of sp³-hybridized carbons (Fsp3) is 0.600. The molecular formula is C15H18O2. The van der Waals surface area contributed by atoms with E-state index in [4.69, 9.17) is 9.47 Å². The van der Waals surface area contributed by atoms with E-state index in [1.54, 1.807) is 7.11 Å². The number of benzene rings is 1. The lowest BCUT2D eigenvalue weighted by Crippen LogP contribution is -2.34. The minimum Gasteiger partial charge on any atom is -0.497 e. The third-order valence-electron chi connectivity index (χ3n) is 4.92. The predicted octanol–water partition coefficient (Wildman–Crippen LogP) is 3.56. The van der Waals surface area contributed by atoms with Gasteiger partial charge in [0.25, 0.3) is 0 Å². The van der Waals surface area contributed by atoms with E-state index >= 15 is 0 Å². The molecule has 0 N–H and O–H groups in total. The molecule has 4 rings (SSSR count). The first-order chi connectivity index (χ1) is 8.33. The van der Waals surface area contributed by atoms with E-state index in [0.29, 0.717) is 6.10 Å². The minimum absolute atomic E-state index is 0.0739. The Balaban J connectivity index is 1.85. The summed E-state index contributed by atoms with van der Waals surface area (Å²) < 4.78 is 11.7. The van der Waals surface area contributed by atoms with Gasteiger partial charge in [-0.3, -0.25) is 0 Å². The normalized spacial score (nSPS) is 37.7. The largest absolute Gasteiger partial charge is 0.497 e. The molecule has 1 saturated heterocycles. The zero-order chi connectivity index (χ0) is 11.5. The summed E-state index contributed by atoms with van der Waals surface area (Å²) in [6.45, 7) is 0. The molecule has 0 unspecified atom stereocenters. The van der Waals surface area contributed by atoms with Gasteiger partial charge >= 0.3 is 0 Å². The van der Waals surface area contributed by atoms with Crippen molar-refractivity contribution in [3.05, 3.63) is 29.3 Å². The fourth-order valence-electron chi connectivity index (χ4n) is 4.17. The van der Waals surface area contributed by atoms with Gasteiger partial charge in [0.1, 0.15) is 5.75 Å². The Labute approximate surface area is 102 Å². The molecule has 1 saturated carbocycles. The van der Waals surface area contributed by atoms with Crippen LogP contribution in [0.1, 0.15) is 49.3 Å². The van der Waals surface area contributed by atoms with Gasteiger partial charge in [-0.15, -0.1) is 0 Å². The molecule has 2 nitrogen and oxygen atoms in total. The molecule has 2 heterocycles. The van der Waals surface area contributed by atoms with Crippen LogP contribution < -0.4 is 4.74 Å². The second-order valence-corrected chi connectivity index (χ2v) is 5.63. The van der Waals surface area contributed by atoms with Crippen molar-refractivity contribution in [2.24, 2.45) is 5.92 Å². The summed E-state index contributed by atoms with van der Waals surface area (Å²) in [4.78, 5) is 0. The molecular weight excluding hydrogens is 212 g/mol. The van der Waals surface area contributed by atoms with Gasteiger partial charge in [-0.05, 0) is 48.4 Å². The summed E-state index contributed by atoms with van der Waals surface area (Å²) in [5, 5.41) is 0. The summed E-state index contributed by atoms with van der Waals surface area (Å²) in [6, 6.07) is 6.51. The molecule has 2 aliphatic heterocycles. The number of methoxy groups -OCH3 is 1. The highest BCUT2D eigenvalue weighted by Crippen LogP contribution is 2.63. The van der Waals surface area contributed by atoms with Gasteiger partial charge in [-0.1, -0.05) is 18.9 Å².